The average Bonchev–Trinajstić information content (AvgIpc) is 2.92. The number of hydrogen-bond donors (Lipinski definition) is 1. The maximum Gasteiger partial charge on any atom is 0.313 e. The quantitative estimate of drug-likeness (QED) is 0.807. The number of hydrogen-bond acceptors (Lipinski definition) is 4. The molecule has 0 bridgehead atoms. The lowest BCUT2D eigenvalue weighted by Gasteiger charge is -2.17. The fourth-order valence-electron chi connectivity index (χ4n) is 2.16. The Morgan fingerprint density at radius 3 is 2.85 bits per heavy atom. The number of nitrogens with one attached hydrogen (secondary N) is 1. The summed E-state index contributed by atoms with van der Waals surface area (Å²) in [4.78, 5) is 12.1. The lowest BCUT2D eigenvalue weighted by molar-refractivity contribution is -0.150. The molecule has 20 heavy (non-hydrogen) atoms. The van der Waals surface area contributed by atoms with Crippen molar-refractivity contribution in [3.8, 4) is 0 Å². The largest absolute Gasteiger partial charge is 0.460 e. The molecule has 1 aromatic carbocycles. The zero-order valence-electron chi connectivity index (χ0n) is 11.6. The van der Waals surface area contributed by atoms with Gasteiger partial charge in [-0.2, -0.15) is 0 Å². The molecule has 1 aliphatic rings. The predicted octanol–water partition coefficient (Wildman–Crippen LogP) is 2.51. The summed E-state index contributed by atoms with van der Waals surface area (Å²) >= 11 is 3.38. The first-order chi connectivity index (χ1) is 9.70. The summed E-state index contributed by atoms with van der Waals surface area (Å²) in [6, 6.07) is 7.83. The van der Waals surface area contributed by atoms with Crippen LogP contribution in [0.1, 0.15) is 18.9 Å². The minimum absolute atomic E-state index is 0.0763. The number of esters is 1. The maximum absolute atomic E-state index is 12.1. The minimum Gasteiger partial charge on any atom is -0.460 e. The smallest absolute Gasteiger partial charge is 0.313 e. The third kappa shape index (κ3) is 4.30. The molecule has 5 heteroatoms. The summed E-state index contributed by atoms with van der Waals surface area (Å²) in [6.07, 6.45) is 1.04. The lowest BCUT2D eigenvalue weighted by Crippen LogP contribution is -2.40. The second-order valence-corrected chi connectivity index (χ2v) is 5.85. The molecule has 2 atom stereocenters. The maximum atomic E-state index is 12.1. The Balaban J connectivity index is 1.83. The van der Waals surface area contributed by atoms with Crippen molar-refractivity contribution < 1.29 is 14.3 Å². The SMILES string of the molecule is CCCNC1COCC1C(=O)OCc1ccc(Br)cc1. The van der Waals surface area contributed by atoms with Crippen molar-refractivity contribution in [1.29, 1.82) is 0 Å². The molecule has 1 saturated heterocycles. The number of carbonyl (C=O) groups is 1. The van der Waals surface area contributed by atoms with E-state index in [1.807, 2.05) is 24.3 Å². The van der Waals surface area contributed by atoms with E-state index in [-0.39, 0.29) is 17.9 Å². The van der Waals surface area contributed by atoms with Gasteiger partial charge >= 0.3 is 5.97 Å². The van der Waals surface area contributed by atoms with Gasteiger partial charge in [-0.3, -0.25) is 4.79 Å². The Morgan fingerprint density at radius 1 is 1.40 bits per heavy atom. The van der Waals surface area contributed by atoms with Crippen LogP contribution in [0.5, 0.6) is 0 Å². The Bertz CT molecular complexity index is 435. The molecule has 0 aromatic heterocycles. The molecular weight excluding hydrogens is 322 g/mol. The molecular formula is C15H20BrNO3. The molecule has 1 heterocycles. The van der Waals surface area contributed by atoms with Crippen LogP contribution in [0.3, 0.4) is 0 Å². The van der Waals surface area contributed by atoms with Crippen LogP contribution in [-0.2, 0) is 20.9 Å². The van der Waals surface area contributed by atoms with Crippen LogP contribution < -0.4 is 5.32 Å². The van der Waals surface area contributed by atoms with Gasteiger partial charge in [-0.05, 0) is 30.7 Å². The predicted molar refractivity (Wildman–Crippen MR) is 80.3 cm³/mol. The van der Waals surface area contributed by atoms with Crippen molar-refractivity contribution in [2.75, 3.05) is 19.8 Å². The van der Waals surface area contributed by atoms with Gasteiger partial charge < -0.3 is 14.8 Å². The molecule has 0 saturated carbocycles. The van der Waals surface area contributed by atoms with Crippen molar-refractivity contribution in [2.24, 2.45) is 5.92 Å². The average molecular weight is 342 g/mol. The lowest BCUT2D eigenvalue weighted by atomic mass is 10.0. The van der Waals surface area contributed by atoms with Gasteiger partial charge in [0.05, 0.1) is 19.1 Å². The van der Waals surface area contributed by atoms with E-state index >= 15 is 0 Å². The van der Waals surface area contributed by atoms with Crippen LogP contribution in [0.2, 0.25) is 0 Å². The summed E-state index contributed by atoms with van der Waals surface area (Å²) in [7, 11) is 0. The monoisotopic (exact) mass is 341 g/mol. The zero-order valence-corrected chi connectivity index (χ0v) is 13.2. The molecule has 0 spiro atoms. The number of halogens is 1. The fraction of sp³-hybridized carbons (Fsp3) is 0.533. The molecule has 0 aliphatic carbocycles. The molecule has 1 fully saturated rings. The molecule has 1 N–H and O–H groups in total. The van der Waals surface area contributed by atoms with Crippen molar-refractivity contribution in [2.45, 2.75) is 26.0 Å². The van der Waals surface area contributed by atoms with Crippen LogP contribution in [0, 0.1) is 5.92 Å². The van der Waals surface area contributed by atoms with Gasteiger partial charge in [0.25, 0.3) is 0 Å². The normalized spacial score (nSPS) is 21.9. The highest BCUT2D eigenvalue weighted by Gasteiger charge is 2.34. The van der Waals surface area contributed by atoms with Crippen molar-refractivity contribution >= 4 is 21.9 Å². The highest BCUT2D eigenvalue weighted by molar-refractivity contribution is 9.10. The van der Waals surface area contributed by atoms with Gasteiger partial charge in [-0.25, -0.2) is 0 Å². The van der Waals surface area contributed by atoms with E-state index in [1.54, 1.807) is 0 Å². The van der Waals surface area contributed by atoms with Crippen LogP contribution in [0.25, 0.3) is 0 Å². The number of ether oxygens (including phenoxy) is 2. The van der Waals surface area contributed by atoms with Gasteiger partial charge in [-0.15, -0.1) is 0 Å². The third-order valence-corrected chi connectivity index (χ3v) is 3.86. The summed E-state index contributed by atoms with van der Waals surface area (Å²) < 4.78 is 11.8. The van der Waals surface area contributed by atoms with E-state index in [0.717, 1.165) is 23.0 Å². The van der Waals surface area contributed by atoms with Gasteiger partial charge in [-0.1, -0.05) is 35.0 Å². The highest BCUT2D eigenvalue weighted by atomic mass is 79.9. The topological polar surface area (TPSA) is 47.6 Å². The molecule has 2 rings (SSSR count). The highest BCUT2D eigenvalue weighted by Crippen LogP contribution is 2.17. The summed E-state index contributed by atoms with van der Waals surface area (Å²) in [5, 5.41) is 3.34. The van der Waals surface area contributed by atoms with E-state index in [0.29, 0.717) is 19.8 Å². The van der Waals surface area contributed by atoms with E-state index in [4.69, 9.17) is 9.47 Å². The standard InChI is InChI=1S/C15H20BrNO3/c1-2-7-17-14-10-19-9-13(14)15(18)20-8-11-3-5-12(16)6-4-11/h3-6,13-14,17H,2,7-10H2,1H3. The van der Waals surface area contributed by atoms with Crippen LogP contribution >= 0.6 is 15.9 Å². The molecule has 4 nitrogen and oxygen atoms in total. The Morgan fingerprint density at radius 2 is 2.15 bits per heavy atom. The molecule has 2 unspecified atom stereocenters. The van der Waals surface area contributed by atoms with E-state index in [1.165, 1.54) is 0 Å². The van der Waals surface area contributed by atoms with Crippen molar-refractivity contribution in [3.63, 3.8) is 0 Å². The van der Waals surface area contributed by atoms with Gasteiger partial charge in [0.2, 0.25) is 0 Å². The van der Waals surface area contributed by atoms with E-state index in [2.05, 4.69) is 28.2 Å². The summed E-state index contributed by atoms with van der Waals surface area (Å²) in [5.41, 5.74) is 0.985. The molecule has 1 aromatic rings. The number of rotatable bonds is 6. The summed E-state index contributed by atoms with van der Waals surface area (Å²) in [5.74, 6) is -0.379. The first kappa shape index (κ1) is 15.5. The van der Waals surface area contributed by atoms with Crippen LogP contribution in [-0.4, -0.2) is 31.8 Å². The van der Waals surface area contributed by atoms with Crippen molar-refractivity contribution in [3.05, 3.63) is 34.3 Å². The van der Waals surface area contributed by atoms with Gasteiger partial charge in [0.15, 0.2) is 0 Å². The second kappa shape index (κ2) is 7.76. The van der Waals surface area contributed by atoms with Crippen LogP contribution in [0.4, 0.5) is 0 Å². The fourth-order valence-corrected chi connectivity index (χ4v) is 2.42. The zero-order chi connectivity index (χ0) is 14.4. The Labute approximate surface area is 128 Å². The van der Waals surface area contributed by atoms with Crippen molar-refractivity contribution in [1.82, 2.24) is 5.32 Å². The second-order valence-electron chi connectivity index (χ2n) is 4.94. The van der Waals surface area contributed by atoms with Gasteiger partial charge in [0, 0.05) is 10.5 Å². The molecule has 110 valence electrons. The molecule has 0 radical (unpaired) electrons. The number of benzene rings is 1. The molecule has 1 aliphatic heterocycles. The Kier molecular flexibility index (Phi) is 6.01. The van der Waals surface area contributed by atoms with E-state index < -0.39 is 0 Å². The first-order valence-corrected chi connectivity index (χ1v) is 7.72. The third-order valence-electron chi connectivity index (χ3n) is 3.33. The number of carbonyl (C=O) groups excluding carboxylic acids is 1. The van der Waals surface area contributed by atoms with E-state index in [9.17, 15) is 4.79 Å². The first-order valence-electron chi connectivity index (χ1n) is 6.93. The summed E-state index contributed by atoms with van der Waals surface area (Å²) in [6.45, 7) is 4.33. The Hall–Kier alpha value is -0.910. The molecule has 0 amide bonds. The van der Waals surface area contributed by atoms with Crippen LogP contribution in [0.15, 0.2) is 28.7 Å². The van der Waals surface area contributed by atoms with Gasteiger partial charge in [0.1, 0.15) is 6.61 Å². The minimum atomic E-state index is -0.197.